The van der Waals surface area contributed by atoms with Crippen molar-refractivity contribution in [1.82, 2.24) is 9.88 Å². The zero-order valence-electron chi connectivity index (χ0n) is 10.1. The summed E-state index contributed by atoms with van der Waals surface area (Å²) in [7, 11) is 0. The number of carboxylic acid groups (broad SMARTS) is 1. The van der Waals surface area contributed by atoms with Crippen LogP contribution in [0.15, 0.2) is 24.4 Å². The van der Waals surface area contributed by atoms with Crippen LogP contribution >= 0.6 is 0 Å². The molecule has 2 heterocycles. The Hall–Kier alpha value is -1.91. The Labute approximate surface area is 105 Å². The molecule has 18 heavy (non-hydrogen) atoms. The highest BCUT2D eigenvalue weighted by Gasteiger charge is 2.27. The molecule has 1 atom stereocenters. The first-order chi connectivity index (χ1) is 8.66. The third-order valence-electron chi connectivity index (χ3n) is 3.18. The van der Waals surface area contributed by atoms with Crippen LogP contribution in [0, 0.1) is 5.92 Å². The predicted octanol–water partition coefficient (Wildman–Crippen LogP) is 0.947. The van der Waals surface area contributed by atoms with Crippen molar-refractivity contribution in [1.29, 1.82) is 0 Å². The number of carboxylic acids is 1. The van der Waals surface area contributed by atoms with Crippen molar-refractivity contribution in [2.24, 2.45) is 5.92 Å². The molecule has 1 N–H and O–H groups in total. The number of rotatable bonds is 3. The van der Waals surface area contributed by atoms with E-state index in [0.29, 0.717) is 19.5 Å². The summed E-state index contributed by atoms with van der Waals surface area (Å²) < 4.78 is 0. The SMILES string of the molecule is O=C(O)C1CCCN(C(=O)Cc2ccccn2)C1. The van der Waals surface area contributed by atoms with Crippen LogP contribution in [-0.2, 0) is 16.0 Å². The average Bonchev–Trinajstić information content (AvgIpc) is 2.40. The Morgan fingerprint density at radius 2 is 2.28 bits per heavy atom. The van der Waals surface area contributed by atoms with Gasteiger partial charge in [-0.3, -0.25) is 14.6 Å². The maximum absolute atomic E-state index is 12.0. The lowest BCUT2D eigenvalue weighted by atomic mass is 9.98. The number of aromatic nitrogens is 1. The van der Waals surface area contributed by atoms with Crippen molar-refractivity contribution in [2.75, 3.05) is 13.1 Å². The van der Waals surface area contributed by atoms with Crippen LogP contribution in [0.25, 0.3) is 0 Å². The number of hydrogen-bond acceptors (Lipinski definition) is 3. The lowest BCUT2D eigenvalue weighted by molar-refractivity contribution is -0.145. The zero-order chi connectivity index (χ0) is 13.0. The van der Waals surface area contributed by atoms with E-state index in [4.69, 9.17) is 5.11 Å². The number of amides is 1. The number of pyridine rings is 1. The fourth-order valence-corrected chi connectivity index (χ4v) is 2.17. The fourth-order valence-electron chi connectivity index (χ4n) is 2.17. The van der Waals surface area contributed by atoms with E-state index in [2.05, 4.69) is 4.98 Å². The average molecular weight is 248 g/mol. The van der Waals surface area contributed by atoms with E-state index in [9.17, 15) is 9.59 Å². The maximum atomic E-state index is 12.0. The first-order valence-corrected chi connectivity index (χ1v) is 6.07. The van der Waals surface area contributed by atoms with Crippen LogP contribution in [0.5, 0.6) is 0 Å². The molecule has 0 aromatic carbocycles. The topological polar surface area (TPSA) is 70.5 Å². The summed E-state index contributed by atoms with van der Waals surface area (Å²) >= 11 is 0. The monoisotopic (exact) mass is 248 g/mol. The lowest BCUT2D eigenvalue weighted by Gasteiger charge is -2.30. The molecule has 1 saturated heterocycles. The molecular formula is C13H16N2O3. The highest BCUT2D eigenvalue weighted by molar-refractivity contribution is 5.79. The van der Waals surface area contributed by atoms with Gasteiger partial charge in [-0.15, -0.1) is 0 Å². The minimum absolute atomic E-state index is 0.0420. The van der Waals surface area contributed by atoms with Gasteiger partial charge in [0.15, 0.2) is 0 Å². The van der Waals surface area contributed by atoms with Crippen LogP contribution in [-0.4, -0.2) is 40.0 Å². The molecule has 1 aromatic rings. The van der Waals surface area contributed by atoms with Crippen LogP contribution in [0.2, 0.25) is 0 Å². The van der Waals surface area contributed by atoms with E-state index < -0.39 is 11.9 Å². The third-order valence-corrected chi connectivity index (χ3v) is 3.18. The molecule has 96 valence electrons. The second-order valence-corrected chi connectivity index (χ2v) is 4.51. The first kappa shape index (κ1) is 12.5. The van der Waals surface area contributed by atoms with Gasteiger partial charge in [0.25, 0.3) is 0 Å². The van der Waals surface area contributed by atoms with Gasteiger partial charge in [-0.1, -0.05) is 6.07 Å². The van der Waals surface area contributed by atoms with Gasteiger partial charge in [0.05, 0.1) is 12.3 Å². The number of piperidine rings is 1. The summed E-state index contributed by atoms with van der Waals surface area (Å²) in [6.45, 7) is 0.969. The Morgan fingerprint density at radius 3 is 2.94 bits per heavy atom. The molecule has 1 aliphatic heterocycles. The number of hydrogen-bond donors (Lipinski definition) is 1. The smallest absolute Gasteiger partial charge is 0.308 e. The summed E-state index contributed by atoms with van der Waals surface area (Å²) in [5, 5.41) is 8.98. The number of aliphatic carboxylic acids is 1. The molecule has 1 fully saturated rings. The van der Waals surface area contributed by atoms with Crippen molar-refractivity contribution in [2.45, 2.75) is 19.3 Å². The molecule has 0 aliphatic carbocycles. The highest BCUT2D eigenvalue weighted by atomic mass is 16.4. The van der Waals surface area contributed by atoms with Gasteiger partial charge in [0.2, 0.25) is 5.91 Å². The molecule has 2 rings (SSSR count). The third kappa shape index (κ3) is 3.06. The Kier molecular flexibility index (Phi) is 3.92. The van der Waals surface area contributed by atoms with E-state index >= 15 is 0 Å². The Morgan fingerprint density at radius 1 is 1.44 bits per heavy atom. The molecule has 1 amide bonds. The van der Waals surface area contributed by atoms with Gasteiger partial charge >= 0.3 is 5.97 Å². The van der Waals surface area contributed by atoms with Crippen LogP contribution in [0.1, 0.15) is 18.5 Å². The van der Waals surface area contributed by atoms with Gasteiger partial charge in [-0.25, -0.2) is 0 Å². The quantitative estimate of drug-likeness (QED) is 0.864. The van der Waals surface area contributed by atoms with Crippen LogP contribution < -0.4 is 0 Å². The number of carbonyl (C=O) groups excluding carboxylic acids is 1. The van der Waals surface area contributed by atoms with E-state index in [1.54, 1.807) is 23.2 Å². The van der Waals surface area contributed by atoms with E-state index in [1.165, 1.54) is 0 Å². The largest absolute Gasteiger partial charge is 0.481 e. The van der Waals surface area contributed by atoms with Crippen molar-refractivity contribution < 1.29 is 14.7 Å². The molecular weight excluding hydrogens is 232 g/mol. The zero-order valence-corrected chi connectivity index (χ0v) is 10.1. The second-order valence-electron chi connectivity index (χ2n) is 4.51. The van der Waals surface area contributed by atoms with E-state index in [1.807, 2.05) is 6.07 Å². The minimum Gasteiger partial charge on any atom is -0.481 e. The summed E-state index contributed by atoms with van der Waals surface area (Å²) in [5.74, 6) is -1.28. The minimum atomic E-state index is -0.815. The summed E-state index contributed by atoms with van der Waals surface area (Å²) in [4.78, 5) is 28.7. The van der Waals surface area contributed by atoms with Gasteiger partial charge in [-0.2, -0.15) is 0 Å². The summed E-state index contributed by atoms with van der Waals surface area (Å²) in [6.07, 6.45) is 3.31. The van der Waals surface area contributed by atoms with Gasteiger partial charge in [-0.05, 0) is 25.0 Å². The molecule has 5 nitrogen and oxygen atoms in total. The van der Waals surface area contributed by atoms with Crippen molar-refractivity contribution in [3.63, 3.8) is 0 Å². The van der Waals surface area contributed by atoms with Gasteiger partial charge in [0, 0.05) is 25.0 Å². The predicted molar refractivity (Wildman–Crippen MR) is 64.9 cm³/mol. The van der Waals surface area contributed by atoms with E-state index in [-0.39, 0.29) is 12.3 Å². The second kappa shape index (κ2) is 5.62. The Balaban J connectivity index is 1.95. The summed E-state index contributed by atoms with van der Waals surface area (Å²) in [6, 6.07) is 5.44. The lowest BCUT2D eigenvalue weighted by Crippen LogP contribution is -2.43. The first-order valence-electron chi connectivity index (χ1n) is 6.07. The number of likely N-dealkylation sites (tertiary alicyclic amines) is 1. The van der Waals surface area contributed by atoms with Gasteiger partial charge < -0.3 is 10.0 Å². The molecule has 5 heteroatoms. The number of nitrogens with zero attached hydrogens (tertiary/aromatic N) is 2. The normalized spacial score (nSPS) is 19.6. The molecule has 1 aliphatic rings. The summed E-state index contributed by atoms with van der Waals surface area (Å²) in [5.41, 5.74) is 0.722. The molecule has 0 bridgehead atoms. The van der Waals surface area contributed by atoms with E-state index in [0.717, 1.165) is 12.1 Å². The van der Waals surface area contributed by atoms with Crippen molar-refractivity contribution in [3.05, 3.63) is 30.1 Å². The molecule has 0 radical (unpaired) electrons. The van der Waals surface area contributed by atoms with Crippen molar-refractivity contribution in [3.8, 4) is 0 Å². The molecule has 0 saturated carbocycles. The fraction of sp³-hybridized carbons (Fsp3) is 0.462. The number of carbonyl (C=O) groups is 2. The van der Waals surface area contributed by atoms with Crippen molar-refractivity contribution >= 4 is 11.9 Å². The van der Waals surface area contributed by atoms with Crippen LogP contribution in [0.3, 0.4) is 0 Å². The molecule has 1 unspecified atom stereocenters. The van der Waals surface area contributed by atoms with Gasteiger partial charge in [0.1, 0.15) is 0 Å². The Bertz CT molecular complexity index is 433. The molecule has 1 aromatic heterocycles. The standard InChI is InChI=1S/C13H16N2O3/c16-12(8-11-5-1-2-6-14-11)15-7-3-4-10(9-15)13(17)18/h1-2,5-6,10H,3-4,7-9H2,(H,17,18). The molecule has 0 spiro atoms. The maximum Gasteiger partial charge on any atom is 0.308 e. The highest BCUT2D eigenvalue weighted by Crippen LogP contribution is 2.17. The van der Waals surface area contributed by atoms with Crippen LogP contribution in [0.4, 0.5) is 0 Å².